The number of aryl methyl sites for hydroxylation is 2. The maximum absolute atomic E-state index is 4.65. The van der Waals surface area contributed by atoms with Gasteiger partial charge >= 0.3 is 0 Å². The van der Waals surface area contributed by atoms with Crippen LogP contribution in [0.3, 0.4) is 0 Å². The summed E-state index contributed by atoms with van der Waals surface area (Å²) in [5.41, 5.74) is 3.86. The number of nitrogens with one attached hydrogen (secondary N) is 1. The first-order valence-electron chi connectivity index (χ1n) is 5.27. The lowest BCUT2D eigenvalue weighted by Crippen LogP contribution is -2.13. The molecule has 1 N–H and O–H groups in total. The fraction of sp³-hybridized carbons (Fsp3) is 0.333. The van der Waals surface area contributed by atoms with E-state index in [0.717, 1.165) is 6.54 Å². The zero-order valence-electron chi connectivity index (χ0n) is 9.53. The molecule has 0 saturated heterocycles. The van der Waals surface area contributed by atoms with Gasteiger partial charge in [0, 0.05) is 6.54 Å². The Kier molecular flexibility index (Phi) is 3.31. The first-order chi connectivity index (χ1) is 7.74. The number of nitrogens with zero attached hydrogens (tertiary/aromatic N) is 2. The predicted octanol–water partition coefficient (Wildman–Crippen LogP) is 1.98. The van der Waals surface area contributed by atoms with Gasteiger partial charge in [0.1, 0.15) is 0 Å². The lowest BCUT2D eigenvalue weighted by Gasteiger charge is -2.05. The Hall–Kier alpha value is -1.68. The van der Waals surface area contributed by atoms with Crippen molar-refractivity contribution >= 4 is 0 Å². The Bertz CT molecular complexity index is 431. The van der Waals surface area contributed by atoms with Crippen LogP contribution in [0.1, 0.15) is 22.5 Å². The molecule has 1 heterocycles. The number of benzene rings is 1. The van der Waals surface area contributed by atoms with Gasteiger partial charge in [-0.15, -0.1) is 0 Å². The molecule has 0 spiro atoms. The minimum Gasteiger partial charge on any atom is -0.343 e. The first kappa shape index (κ1) is 10.8. The monoisotopic (exact) mass is 217 g/mol. The molecule has 1 aromatic carbocycles. The van der Waals surface area contributed by atoms with Crippen molar-refractivity contribution in [2.45, 2.75) is 26.9 Å². The number of hydrogen-bond acceptors (Lipinski definition) is 4. The average Bonchev–Trinajstić information content (AvgIpc) is 2.69. The summed E-state index contributed by atoms with van der Waals surface area (Å²) in [5, 5.41) is 7.01. The van der Waals surface area contributed by atoms with Crippen molar-refractivity contribution in [3.63, 3.8) is 0 Å². The van der Waals surface area contributed by atoms with E-state index in [-0.39, 0.29) is 0 Å². The molecule has 16 heavy (non-hydrogen) atoms. The molecule has 2 aromatic rings. The predicted molar refractivity (Wildman–Crippen MR) is 60.8 cm³/mol. The molecule has 84 valence electrons. The van der Waals surface area contributed by atoms with Gasteiger partial charge in [-0.2, -0.15) is 4.98 Å². The second-order valence-corrected chi connectivity index (χ2v) is 3.95. The highest BCUT2D eigenvalue weighted by molar-refractivity contribution is 5.28. The van der Waals surface area contributed by atoms with Crippen LogP contribution in [-0.4, -0.2) is 10.1 Å². The summed E-state index contributed by atoms with van der Waals surface area (Å²) >= 11 is 0. The number of hydrogen-bond donors (Lipinski definition) is 1. The van der Waals surface area contributed by atoms with Gasteiger partial charge in [0.15, 0.2) is 5.82 Å². The van der Waals surface area contributed by atoms with E-state index < -0.39 is 0 Å². The maximum atomic E-state index is 4.65. The second-order valence-electron chi connectivity index (χ2n) is 3.95. The Balaban J connectivity index is 1.89. The average molecular weight is 217 g/mol. The van der Waals surface area contributed by atoms with Gasteiger partial charge < -0.3 is 9.84 Å². The summed E-state index contributed by atoms with van der Waals surface area (Å²) in [6.45, 7) is 5.66. The summed E-state index contributed by atoms with van der Waals surface area (Å²) in [6, 6.07) is 6.52. The van der Waals surface area contributed by atoms with Gasteiger partial charge in [-0.1, -0.05) is 34.5 Å². The van der Waals surface area contributed by atoms with Crippen LogP contribution in [0.2, 0.25) is 0 Å². The van der Waals surface area contributed by atoms with Gasteiger partial charge in [0.2, 0.25) is 6.39 Å². The Labute approximate surface area is 94.7 Å². The molecule has 0 aliphatic heterocycles. The second kappa shape index (κ2) is 4.90. The highest BCUT2D eigenvalue weighted by atomic mass is 16.5. The van der Waals surface area contributed by atoms with Crippen LogP contribution in [0.15, 0.2) is 29.1 Å². The van der Waals surface area contributed by atoms with E-state index in [2.05, 4.69) is 52.0 Å². The maximum Gasteiger partial charge on any atom is 0.213 e. The minimum absolute atomic E-state index is 0.628. The summed E-state index contributed by atoms with van der Waals surface area (Å²) < 4.78 is 4.65. The molecule has 0 amide bonds. The molecule has 4 nitrogen and oxygen atoms in total. The van der Waals surface area contributed by atoms with Crippen LogP contribution in [0.25, 0.3) is 0 Å². The Morgan fingerprint density at radius 2 is 1.88 bits per heavy atom. The van der Waals surface area contributed by atoms with Gasteiger partial charge in [-0.05, 0) is 19.4 Å². The van der Waals surface area contributed by atoms with Crippen LogP contribution >= 0.6 is 0 Å². The largest absolute Gasteiger partial charge is 0.343 e. The third kappa shape index (κ3) is 2.90. The molecule has 0 saturated carbocycles. The van der Waals surface area contributed by atoms with E-state index >= 15 is 0 Å². The standard InChI is InChI=1S/C12H15N3O/c1-9-3-10(2)5-11(4-9)6-13-7-12-14-8-16-15-12/h3-5,8,13H,6-7H2,1-2H3. The zero-order valence-corrected chi connectivity index (χ0v) is 9.53. The van der Waals surface area contributed by atoms with Crippen LogP contribution < -0.4 is 5.32 Å². The molecule has 0 fully saturated rings. The highest BCUT2D eigenvalue weighted by Crippen LogP contribution is 2.08. The molecule has 0 aliphatic rings. The molecule has 4 heteroatoms. The van der Waals surface area contributed by atoms with Crippen molar-refractivity contribution in [1.29, 1.82) is 0 Å². The number of rotatable bonds is 4. The van der Waals surface area contributed by atoms with Gasteiger partial charge in [0.05, 0.1) is 6.54 Å². The van der Waals surface area contributed by atoms with Crippen molar-refractivity contribution in [2.75, 3.05) is 0 Å². The van der Waals surface area contributed by atoms with Crippen molar-refractivity contribution in [1.82, 2.24) is 15.5 Å². The third-order valence-electron chi connectivity index (χ3n) is 2.30. The fourth-order valence-corrected chi connectivity index (χ4v) is 1.76. The van der Waals surface area contributed by atoms with Crippen LogP contribution in [0, 0.1) is 13.8 Å². The van der Waals surface area contributed by atoms with Crippen LogP contribution in [0.4, 0.5) is 0 Å². The Morgan fingerprint density at radius 1 is 1.12 bits per heavy atom. The molecule has 0 aliphatic carbocycles. The zero-order chi connectivity index (χ0) is 11.4. The third-order valence-corrected chi connectivity index (χ3v) is 2.30. The summed E-state index contributed by atoms with van der Waals surface area (Å²) in [5.74, 6) is 0.685. The topological polar surface area (TPSA) is 51.0 Å². The first-order valence-corrected chi connectivity index (χ1v) is 5.27. The van der Waals surface area contributed by atoms with Gasteiger partial charge in [-0.25, -0.2) is 0 Å². The number of aromatic nitrogens is 2. The van der Waals surface area contributed by atoms with E-state index in [0.29, 0.717) is 12.4 Å². The lowest BCUT2D eigenvalue weighted by atomic mass is 10.1. The van der Waals surface area contributed by atoms with E-state index in [9.17, 15) is 0 Å². The summed E-state index contributed by atoms with van der Waals surface area (Å²) in [7, 11) is 0. The van der Waals surface area contributed by atoms with E-state index in [4.69, 9.17) is 0 Å². The molecular formula is C12H15N3O. The summed E-state index contributed by atoms with van der Waals surface area (Å²) in [4.78, 5) is 3.94. The minimum atomic E-state index is 0.628. The molecule has 0 atom stereocenters. The quantitative estimate of drug-likeness (QED) is 0.850. The molecule has 1 aromatic heterocycles. The van der Waals surface area contributed by atoms with Crippen LogP contribution in [-0.2, 0) is 13.1 Å². The normalized spacial score (nSPS) is 10.6. The smallest absolute Gasteiger partial charge is 0.213 e. The lowest BCUT2D eigenvalue weighted by molar-refractivity contribution is 0.407. The van der Waals surface area contributed by atoms with E-state index in [1.54, 1.807) is 0 Å². The van der Waals surface area contributed by atoms with Crippen molar-refractivity contribution in [3.8, 4) is 0 Å². The van der Waals surface area contributed by atoms with Crippen LogP contribution in [0.5, 0.6) is 0 Å². The van der Waals surface area contributed by atoms with E-state index in [1.165, 1.54) is 23.1 Å². The summed E-state index contributed by atoms with van der Waals surface area (Å²) in [6.07, 6.45) is 1.34. The van der Waals surface area contributed by atoms with E-state index in [1.807, 2.05) is 0 Å². The SMILES string of the molecule is Cc1cc(C)cc(CNCc2ncon2)c1. The van der Waals surface area contributed by atoms with Crippen molar-refractivity contribution in [3.05, 3.63) is 47.1 Å². The fourth-order valence-electron chi connectivity index (χ4n) is 1.76. The van der Waals surface area contributed by atoms with Gasteiger partial charge in [0.25, 0.3) is 0 Å². The molecule has 0 radical (unpaired) electrons. The molecule has 0 bridgehead atoms. The molecule has 2 rings (SSSR count). The van der Waals surface area contributed by atoms with Gasteiger partial charge in [-0.3, -0.25) is 0 Å². The van der Waals surface area contributed by atoms with Crippen molar-refractivity contribution in [2.24, 2.45) is 0 Å². The van der Waals surface area contributed by atoms with Crippen molar-refractivity contribution < 1.29 is 4.52 Å². The Morgan fingerprint density at radius 3 is 2.50 bits per heavy atom. The highest BCUT2D eigenvalue weighted by Gasteiger charge is 1.99. The molecular weight excluding hydrogens is 202 g/mol. The molecule has 0 unspecified atom stereocenters.